The Morgan fingerprint density at radius 1 is 1.75 bits per heavy atom. The monoisotopic (exact) mass is 116 g/mol. The topological polar surface area (TPSA) is 46.5 Å². The molecular formula is C5H8O3. The Hall–Kier alpha value is -0.570. The van der Waals surface area contributed by atoms with Crippen molar-refractivity contribution in [3.63, 3.8) is 0 Å². The summed E-state index contributed by atoms with van der Waals surface area (Å²) in [5.41, 5.74) is 0. The van der Waals surface area contributed by atoms with Crippen molar-refractivity contribution in [2.75, 3.05) is 6.61 Å². The molecule has 3 nitrogen and oxygen atoms in total. The van der Waals surface area contributed by atoms with Crippen LogP contribution in [-0.2, 0) is 9.53 Å². The summed E-state index contributed by atoms with van der Waals surface area (Å²) in [4.78, 5) is 10.3. The van der Waals surface area contributed by atoms with Gasteiger partial charge in [0, 0.05) is 6.42 Å². The molecule has 8 heavy (non-hydrogen) atoms. The molecule has 0 spiro atoms. The van der Waals surface area contributed by atoms with E-state index in [0.717, 1.165) is 0 Å². The summed E-state index contributed by atoms with van der Waals surface area (Å²) >= 11 is 0. The standard InChI is InChI=1S/C5H8O3/c6-4-1-2-8-5(7)3-4/h4,6H,1-3H2. The van der Waals surface area contributed by atoms with Gasteiger partial charge in [-0.1, -0.05) is 0 Å². The zero-order chi connectivity index (χ0) is 5.98. The second kappa shape index (κ2) is 2.13. The number of aliphatic hydroxyl groups is 1. The van der Waals surface area contributed by atoms with Gasteiger partial charge >= 0.3 is 5.97 Å². The van der Waals surface area contributed by atoms with E-state index in [2.05, 4.69) is 4.74 Å². The molecule has 0 bridgehead atoms. The molecule has 1 saturated heterocycles. The number of ether oxygens (including phenoxy) is 1. The van der Waals surface area contributed by atoms with Crippen LogP contribution in [0.1, 0.15) is 12.8 Å². The molecular weight excluding hydrogens is 108 g/mol. The summed E-state index contributed by atoms with van der Waals surface area (Å²) < 4.78 is 4.55. The Labute approximate surface area is 47.3 Å². The molecule has 0 aromatic rings. The summed E-state index contributed by atoms with van der Waals surface area (Å²) in [5, 5.41) is 8.78. The average Bonchev–Trinajstić information content (AvgIpc) is 1.64. The first kappa shape index (κ1) is 5.56. The second-order valence-corrected chi connectivity index (χ2v) is 1.87. The molecule has 0 aliphatic carbocycles. The minimum Gasteiger partial charge on any atom is -0.465 e. The van der Waals surface area contributed by atoms with Gasteiger partial charge in [0.05, 0.1) is 19.1 Å². The smallest absolute Gasteiger partial charge is 0.308 e. The summed E-state index contributed by atoms with van der Waals surface area (Å²) in [5.74, 6) is -0.288. The molecule has 1 atom stereocenters. The van der Waals surface area contributed by atoms with Crippen LogP contribution < -0.4 is 0 Å². The van der Waals surface area contributed by atoms with Gasteiger partial charge < -0.3 is 9.84 Å². The maximum atomic E-state index is 10.3. The molecule has 1 unspecified atom stereocenters. The molecule has 1 aliphatic rings. The fourth-order valence-corrected chi connectivity index (χ4v) is 0.662. The van der Waals surface area contributed by atoms with Gasteiger partial charge in [-0.25, -0.2) is 0 Å². The van der Waals surface area contributed by atoms with Gasteiger partial charge in [0.1, 0.15) is 0 Å². The molecule has 1 rings (SSSR count). The number of hydrogen-bond donors (Lipinski definition) is 1. The molecule has 0 saturated carbocycles. The van der Waals surface area contributed by atoms with E-state index in [9.17, 15) is 4.79 Å². The lowest BCUT2D eigenvalue weighted by atomic mass is 10.2. The van der Waals surface area contributed by atoms with Gasteiger partial charge in [-0.2, -0.15) is 0 Å². The zero-order valence-corrected chi connectivity index (χ0v) is 4.46. The van der Waals surface area contributed by atoms with Crippen molar-refractivity contribution < 1.29 is 14.6 Å². The van der Waals surface area contributed by atoms with Crippen molar-refractivity contribution >= 4 is 5.97 Å². The summed E-state index contributed by atoms with van der Waals surface area (Å²) in [6, 6.07) is 0. The first-order valence-corrected chi connectivity index (χ1v) is 2.63. The third kappa shape index (κ3) is 1.20. The maximum absolute atomic E-state index is 10.3. The Kier molecular flexibility index (Phi) is 1.48. The lowest BCUT2D eigenvalue weighted by molar-refractivity contribution is -0.151. The minimum atomic E-state index is -0.462. The van der Waals surface area contributed by atoms with E-state index < -0.39 is 6.10 Å². The zero-order valence-electron chi connectivity index (χ0n) is 4.46. The van der Waals surface area contributed by atoms with Crippen LogP contribution >= 0.6 is 0 Å². The first-order valence-electron chi connectivity index (χ1n) is 2.63. The number of hydrogen-bond acceptors (Lipinski definition) is 3. The highest BCUT2D eigenvalue weighted by Gasteiger charge is 2.16. The molecule has 1 heterocycles. The lowest BCUT2D eigenvalue weighted by Crippen LogP contribution is -2.24. The minimum absolute atomic E-state index is 0.167. The maximum Gasteiger partial charge on any atom is 0.308 e. The highest BCUT2D eigenvalue weighted by Crippen LogP contribution is 2.05. The van der Waals surface area contributed by atoms with Crippen LogP contribution in [0, 0.1) is 0 Å². The van der Waals surface area contributed by atoms with Gasteiger partial charge in [-0.05, 0) is 0 Å². The lowest BCUT2D eigenvalue weighted by Gasteiger charge is -2.15. The molecule has 46 valence electrons. The van der Waals surface area contributed by atoms with E-state index in [4.69, 9.17) is 5.11 Å². The van der Waals surface area contributed by atoms with E-state index in [1.165, 1.54) is 0 Å². The van der Waals surface area contributed by atoms with Crippen LogP contribution in [0.4, 0.5) is 0 Å². The largest absolute Gasteiger partial charge is 0.465 e. The Balaban J connectivity index is 2.34. The van der Waals surface area contributed by atoms with Gasteiger partial charge in [-0.3, -0.25) is 4.79 Å². The average molecular weight is 116 g/mol. The first-order chi connectivity index (χ1) is 3.79. The third-order valence-corrected chi connectivity index (χ3v) is 1.12. The van der Waals surface area contributed by atoms with Crippen LogP contribution in [-0.4, -0.2) is 23.8 Å². The van der Waals surface area contributed by atoms with Crippen LogP contribution in [0.5, 0.6) is 0 Å². The van der Waals surface area contributed by atoms with E-state index in [-0.39, 0.29) is 12.4 Å². The molecule has 0 radical (unpaired) electrons. The van der Waals surface area contributed by atoms with Crippen molar-refractivity contribution in [3.8, 4) is 0 Å². The quantitative estimate of drug-likeness (QED) is 0.441. The summed E-state index contributed by atoms with van der Waals surface area (Å²) in [7, 11) is 0. The van der Waals surface area contributed by atoms with E-state index >= 15 is 0 Å². The molecule has 0 amide bonds. The van der Waals surface area contributed by atoms with Crippen LogP contribution in [0.15, 0.2) is 0 Å². The molecule has 0 aromatic carbocycles. The van der Waals surface area contributed by atoms with Crippen molar-refractivity contribution in [2.24, 2.45) is 0 Å². The van der Waals surface area contributed by atoms with Gasteiger partial charge in [0.2, 0.25) is 0 Å². The number of carbonyl (C=O) groups excluding carboxylic acids is 1. The predicted molar refractivity (Wildman–Crippen MR) is 26.2 cm³/mol. The number of esters is 1. The van der Waals surface area contributed by atoms with E-state index in [0.29, 0.717) is 13.0 Å². The summed E-state index contributed by atoms with van der Waals surface area (Å²) in [6.45, 7) is 0.375. The fraction of sp³-hybridized carbons (Fsp3) is 0.800. The highest BCUT2D eigenvalue weighted by molar-refractivity contribution is 5.70. The van der Waals surface area contributed by atoms with Gasteiger partial charge in [-0.15, -0.1) is 0 Å². The Morgan fingerprint density at radius 3 is 2.88 bits per heavy atom. The van der Waals surface area contributed by atoms with Crippen LogP contribution in [0.25, 0.3) is 0 Å². The van der Waals surface area contributed by atoms with Crippen molar-refractivity contribution in [1.29, 1.82) is 0 Å². The SMILES string of the molecule is O=C1CC(O)CCO1. The van der Waals surface area contributed by atoms with Crippen molar-refractivity contribution in [2.45, 2.75) is 18.9 Å². The third-order valence-electron chi connectivity index (χ3n) is 1.12. The molecule has 0 aromatic heterocycles. The van der Waals surface area contributed by atoms with E-state index in [1.54, 1.807) is 0 Å². The Morgan fingerprint density at radius 2 is 2.50 bits per heavy atom. The predicted octanol–water partition coefficient (Wildman–Crippen LogP) is -0.316. The summed E-state index contributed by atoms with van der Waals surface area (Å²) in [6.07, 6.45) is 0.294. The number of carbonyl (C=O) groups is 1. The molecule has 1 N–H and O–H groups in total. The van der Waals surface area contributed by atoms with Gasteiger partial charge in [0.15, 0.2) is 0 Å². The highest BCUT2D eigenvalue weighted by atomic mass is 16.5. The number of aliphatic hydroxyl groups excluding tert-OH is 1. The van der Waals surface area contributed by atoms with Crippen LogP contribution in [0.2, 0.25) is 0 Å². The molecule has 3 heteroatoms. The van der Waals surface area contributed by atoms with Crippen molar-refractivity contribution in [1.82, 2.24) is 0 Å². The number of rotatable bonds is 0. The molecule has 1 aliphatic heterocycles. The fourth-order valence-electron chi connectivity index (χ4n) is 0.662. The number of cyclic esters (lactones) is 1. The van der Waals surface area contributed by atoms with Crippen LogP contribution in [0.3, 0.4) is 0 Å². The van der Waals surface area contributed by atoms with Gasteiger partial charge in [0.25, 0.3) is 0 Å². The second-order valence-electron chi connectivity index (χ2n) is 1.87. The normalized spacial score (nSPS) is 29.6. The molecule has 1 fully saturated rings. The van der Waals surface area contributed by atoms with Crippen molar-refractivity contribution in [3.05, 3.63) is 0 Å². The van der Waals surface area contributed by atoms with E-state index in [1.807, 2.05) is 0 Å². The Bertz CT molecular complexity index is 99.8.